The van der Waals surface area contributed by atoms with Crippen LogP contribution in [0, 0.1) is 5.92 Å². The fourth-order valence-electron chi connectivity index (χ4n) is 4.25. The Hall–Kier alpha value is -2.46. The summed E-state index contributed by atoms with van der Waals surface area (Å²) >= 11 is 5.86. The van der Waals surface area contributed by atoms with Gasteiger partial charge in [-0.15, -0.1) is 0 Å². The highest BCUT2D eigenvalue weighted by Gasteiger charge is 2.32. The van der Waals surface area contributed by atoms with Gasteiger partial charge in [0, 0.05) is 61.5 Å². The van der Waals surface area contributed by atoms with E-state index in [9.17, 15) is 18.0 Å². The lowest BCUT2D eigenvalue weighted by Gasteiger charge is -2.32. The van der Waals surface area contributed by atoms with Crippen molar-refractivity contribution in [3.63, 3.8) is 0 Å². The lowest BCUT2D eigenvalue weighted by molar-refractivity contribution is -0.120. The minimum absolute atomic E-state index is 0.000227. The monoisotopic (exact) mass is 504 g/mol. The quantitative estimate of drug-likeness (QED) is 0.676. The molecule has 182 valence electrons. The van der Waals surface area contributed by atoms with E-state index in [0.717, 1.165) is 13.1 Å². The maximum Gasteiger partial charge on any atom is 0.253 e. The number of rotatable bonds is 5. The number of sulfonamides is 1. The molecule has 8 nitrogen and oxygen atoms in total. The minimum atomic E-state index is -3.61. The fourth-order valence-corrected chi connectivity index (χ4v) is 5.84. The zero-order valence-corrected chi connectivity index (χ0v) is 20.7. The number of anilines is 1. The Labute approximate surface area is 205 Å². The maximum atomic E-state index is 12.8. The molecule has 4 rings (SSSR count). The molecule has 2 aromatic rings. The van der Waals surface area contributed by atoms with Crippen LogP contribution >= 0.6 is 11.6 Å². The van der Waals surface area contributed by atoms with Crippen molar-refractivity contribution in [3.05, 3.63) is 59.1 Å². The van der Waals surface area contributed by atoms with Crippen molar-refractivity contribution in [2.24, 2.45) is 5.92 Å². The van der Waals surface area contributed by atoms with Gasteiger partial charge in [-0.05, 0) is 68.4 Å². The third-order valence-electron chi connectivity index (χ3n) is 6.47. The Morgan fingerprint density at radius 3 is 2.06 bits per heavy atom. The van der Waals surface area contributed by atoms with E-state index in [4.69, 9.17) is 11.6 Å². The lowest BCUT2D eigenvalue weighted by Crippen LogP contribution is -2.47. The van der Waals surface area contributed by atoms with Gasteiger partial charge in [-0.25, -0.2) is 8.42 Å². The molecule has 2 fully saturated rings. The number of nitrogens with zero attached hydrogens (tertiary/aromatic N) is 3. The molecule has 0 saturated carbocycles. The second-order valence-electron chi connectivity index (χ2n) is 8.79. The summed E-state index contributed by atoms with van der Waals surface area (Å²) in [6.07, 6.45) is 0.886. The number of hydrogen-bond donors (Lipinski definition) is 1. The minimum Gasteiger partial charge on any atom is -0.336 e. The third kappa shape index (κ3) is 5.60. The van der Waals surface area contributed by atoms with E-state index in [2.05, 4.69) is 10.2 Å². The molecule has 2 aliphatic rings. The molecule has 2 aliphatic heterocycles. The van der Waals surface area contributed by atoms with Gasteiger partial charge in [0.25, 0.3) is 5.91 Å². The SMILES string of the molecule is CN1CCN(C(=O)c2ccc(NC(=O)C3CCN(S(=O)(=O)c4ccc(Cl)cc4)CC3)cc2)CC1. The van der Waals surface area contributed by atoms with Gasteiger partial charge >= 0.3 is 0 Å². The summed E-state index contributed by atoms with van der Waals surface area (Å²) in [5.41, 5.74) is 1.22. The predicted octanol–water partition coefficient (Wildman–Crippen LogP) is 2.77. The molecule has 0 unspecified atom stereocenters. The van der Waals surface area contributed by atoms with E-state index in [1.54, 1.807) is 36.4 Å². The number of carbonyl (C=O) groups excluding carboxylic acids is 2. The van der Waals surface area contributed by atoms with Crippen molar-refractivity contribution in [1.82, 2.24) is 14.1 Å². The molecule has 0 radical (unpaired) electrons. The first kappa shape index (κ1) is 24.7. The van der Waals surface area contributed by atoms with Crippen molar-refractivity contribution in [1.29, 1.82) is 0 Å². The van der Waals surface area contributed by atoms with E-state index >= 15 is 0 Å². The topological polar surface area (TPSA) is 90.0 Å². The molecule has 10 heteroatoms. The Bertz CT molecular complexity index is 1120. The highest BCUT2D eigenvalue weighted by molar-refractivity contribution is 7.89. The number of nitrogens with one attached hydrogen (secondary N) is 1. The van der Waals surface area contributed by atoms with Crippen molar-refractivity contribution >= 4 is 39.1 Å². The largest absolute Gasteiger partial charge is 0.336 e. The molecule has 0 bridgehead atoms. The van der Waals surface area contributed by atoms with Crippen molar-refractivity contribution < 1.29 is 18.0 Å². The Morgan fingerprint density at radius 2 is 1.47 bits per heavy atom. The summed E-state index contributed by atoms with van der Waals surface area (Å²) in [6, 6.07) is 13.0. The fraction of sp³-hybridized carbons (Fsp3) is 0.417. The molecule has 0 aromatic heterocycles. The first-order valence-corrected chi connectivity index (χ1v) is 13.2. The van der Waals surface area contributed by atoms with Crippen LogP contribution in [0.2, 0.25) is 5.02 Å². The van der Waals surface area contributed by atoms with Crippen LogP contribution in [0.15, 0.2) is 53.4 Å². The molecule has 0 spiro atoms. The molecule has 1 N–H and O–H groups in total. The van der Waals surface area contributed by atoms with Gasteiger partial charge in [-0.1, -0.05) is 11.6 Å². The molecule has 2 saturated heterocycles. The predicted molar refractivity (Wildman–Crippen MR) is 131 cm³/mol. The van der Waals surface area contributed by atoms with Gasteiger partial charge in [-0.3, -0.25) is 9.59 Å². The van der Waals surface area contributed by atoms with Crippen LogP contribution in [0.1, 0.15) is 23.2 Å². The zero-order valence-electron chi connectivity index (χ0n) is 19.1. The first-order chi connectivity index (χ1) is 16.2. The second-order valence-corrected chi connectivity index (χ2v) is 11.2. The Morgan fingerprint density at radius 1 is 0.882 bits per heavy atom. The highest BCUT2D eigenvalue weighted by Crippen LogP contribution is 2.26. The van der Waals surface area contributed by atoms with Crippen molar-refractivity contribution in [2.45, 2.75) is 17.7 Å². The summed E-state index contributed by atoms with van der Waals surface area (Å²) in [6.45, 7) is 3.70. The van der Waals surface area contributed by atoms with E-state index < -0.39 is 10.0 Å². The van der Waals surface area contributed by atoms with E-state index in [1.807, 2.05) is 11.9 Å². The molecule has 0 atom stereocenters. The van der Waals surface area contributed by atoms with Crippen LogP contribution in [-0.4, -0.2) is 80.7 Å². The zero-order chi connectivity index (χ0) is 24.3. The summed E-state index contributed by atoms with van der Waals surface area (Å²) in [5, 5.41) is 3.38. The number of hydrogen-bond acceptors (Lipinski definition) is 5. The first-order valence-electron chi connectivity index (χ1n) is 11.4. The van der Waals surface area contributed by atoms with Gasteiger partial charge in [-0.2, -0.15) is 4.31 Å². The summed E-state index contributed by atoms with van der Waals surface area (Å²) in [4.78, 5) is 29.7. The number of likely N-dealkylation sites (N-methyl/N-ethyl adjacent to an activating group) is 1. The van der Waals surface area contributed by atoms with Gasteiger partial charge in [0.15, 0.2) is 0 Å². The van der Waals surface area contributed by atoms with Crippen LogP contribution in [-0.2, 0) is 14.8 Å². The molecule has 2 amide bonds. The molecule has 2 heterocycles. The standard InChI is InChI=1S/C24H29ClN4O4S/c1-27-14-16-28(17-15-27)24(31)19-2-6-21(7-3-19)26-23(30)18-10-12-29(13-11-18)34(32,33)22-8-4-20(25)5-9-22/h2-9,18H,10-17H2,1H3,(H,26,30). The molecular weight excluding hydrogens is 476 g/mol. The summed E-state index contributed by atoms with van der Waals surface area (Å²) < 4.78 is 27.1. The van der Waals surface area contributed by atoms with E-state index in [1.165, 1.54) is 16.4 Å². The molecule has 0 aliphatic carbocycles. The van der Waals surface area contributed by atoms with Crippen molar-refractivity contribution in [2.75, 3.05) is 51.6 Å². The average Bonchev–Trinajstić information content (AvgIpc) is 2.85. The van der Waals surface area contributed by atoms with Gasteiger partial charge < -0.3 is 15.1 Å². The van der Waals surface area contributed by atoms with E-state index in [0.29, 0.717) is 42.2 Å². The summed E-state index contributed by atoms with van der Waals surface area (Å²) in [5.74, 6) is -0.412. The average molecular weight is 505 g/mol. The van der Waals surface area contributed by atoms with Crippen molar-refractivity contribution in [3.8, 4) is 0 Å². The van der Waals surface area contributed by atoms with Gasteiger partial charge in [0.05, 0.1) is 4.90 Å². The Balaban J connectivity index is 1.30. The van der Waals surface area contributed by atoms with Crippen LogP contribution in [0.25, 0.3) is 0 Å². The van der Waals surface area contributed by atoms with E-state index in [-0.39, 0.29) is 35.7 Å². The van der Waals surface area contributed by atoms with Gasteiger partial charge in [0.1, 0.15) is 0 Å². The van der Waals surface area contributed by atoms with Crippen LogP contribution in [0.4, 0.5) is 5.69 Å². The third-order valence-corrected chi connectivity index (χ3v) is 8.63. The number of carbonyl (C=O) groups is 2. The lowest BCUT2D eigenvalue weighted by atomic mass is 9.97. The second kappa shape index (κ2) is 10.4. The number of piperazine rings is 1. The smallest absolute Gasteiger partial charge is 0.253 e. The molecular formula is C24H29ClN4O4S. The molecule has 2 aromatic carbocycles. The number of benzene rings is 2. The Kier molecular flexibility index (Phi) is 7.57. The van der Waals surface area contributed by atoms with Crippen LogP contribution < -0.4 is 5.32 Å². The summed E-state index contributed by atoms with van der Waals surface area (Å²) in [7, 11) is -1.56. The normalized spacial score (nSPS) is 18.6. The molecule has 34 heavy (non-hydrogen) atoms. The number of piperidine rings is 1. The maximum absolute atomic E-state index is 12.8. The van der Waals surface area contributed by atoms with Crippen LogP contribution in [0.3, 0.4) is 0 Å². The number of halogens is 1. The number of amides is 2. The van der Waals surface area contributed by atoms with Gasteiger partial charge in [0.2, 0.25) is 15.9 Å². The van der Waals surface area contributed by atoms with Crippen LogP contribution in [0.5, 0.6) is 0 Å². The highest BCUT2D eigenvalue weighted by atomic mass is 35.5.